The highest BCUT2D eigenvalue weighted by Gasteiger charge is 2.27. The number of hydrogen-bond acceptors (Lipinski definition) is 3. The average molecular weight is 455 g/mol. The lowest BCUT2D eigenvalue weighted by Crippen LogP contribution is -2.36. The van der Waals surface area contributed by atoms with E-state index in [1.807, 2.05) is 6.92 Å². The van der Waals surface area contributed by atoms with Crippen molar-refractivity contribution in [3.8, 4) is 0 Å². The molecule has 0 unspecified atom stereocenters. The first kappa shape index (κ1) is 19.8. The van der Waals surface area contributed by atoms with Crippen molar-refractivity contribution in [2.45, 2.75) is 31.9 Å². The smallest absolute Gasteiger partial charge is 0.236 e. The molecule has 0 aromatic heterocycles. The number of rotatable bonds is 6. The second kappa shape index (κ2) is 7.98. The van der Waals surface area contributed by atoms with Gasteiger partial charge >= 0.3 is 0 Å². The maximum Gasteiger partial charge on any atom is 0.236 e. The van der Waals surface area contributed by atoms with E-state index in [1.165, 1.54) is 4.90 Å². The lowest BCUT2D eigenvalue weighted by molar-refractivity contribution is -0.118. The number of amides is 1. The minimum absolute atomic E-state index is 0.106. The van der Waals surface area contributed by atoms with E-state index in [0.717, 1.165) is 6.07 Å². The monoisotopic (exact) mass is 454 g/mol. The predicted octanol–water partition coefficient (Wildman–Crippen LogP) is 4.22. The number of benzene rings is 2. The summed E-state index contributed by atoms with van der Waals surface area (Å²) in [6.45, 7) is 2.36. The Morgan fingerprint density at radius 3 is 2.67 bits per heavy atom. The van der Waals surface area contributed by atoms with Crippen molar-refractivity contribution in [2.24, 2.45) is 0 Å². The normalized spacial score (nSPS) is 14.2. The van der Waals surface area contributed by atoms with Gasteiger partial charge in [0.15, 0.2) is 0 Å². The van der Waals surface area contributed by atoms with Crippen molar-refractivity contribution in [2.75, 3.05) is 16.2 Å². The highest BCUT2D eigenvalue weighted by molar-refractivity contribution is 9.10. The summed E-state index contributed by atoms with van der Waals surface area (Å²) in [5.41, 5.74) is 1.69. The third-order valence-electron chi connectivity index (χ3n) is 4.35. The lowest BCUT2D eigenvalue weighted by atomic mass is 10.00. The summed E-state index contributed by atoms with van der Waals surface area (Å²) in [5, 5.41) is 0. The van der Waals surface area contributed by atoms with E-state index in [2.05, 4.69) is 20.7 Å². The van der Waals surface area contributed by atoms with Gasteiger partial charge in [0, 0.05) is 23.5 Å². The number of fused-ring (bicyclic) bond motifs is 1. The number of nitrogens with zero attached hydrogens (tertiary/aromatic N) is 1. The zero-order valence-electron chi connectivity index (χ0n) is 14.8. The van der Waals surface area contributed by atoms with Gasteiger partial charge in [0.05, 0.1) is 17.1 Å². The number of nitrogens with one attached hydrogen (secondary N) is 1. The van der Waals surface area contributed by atoms with Gasteiger partial charge in [0.1, 0.15) is 5.82 Å². The molecule has 0 aliphatic carbocycles. The SMILES string of the molecule is CCCN1C(=O)CCc2cc(NS(=O)(=O)Cc3ccccc3Br)cc(F)c21. The largest absolute Gasteiger partial charge is 0.309 e. The van der Waals surface area contributed by atoms with Crippen LogP contribution in [0.2, 0.25) is 0 Å². The molecule has 8 heteroatoms. The van der Waals surface area contributed by atoms with Crippen LogP contribution in [0.3, 0.4) is 0 Å². The van der Waals surface area contributed by atoms with Crippen LogP contribution >= 0.6 is 15.9 Å². The molecule has 0 bridgehead atoms. The van der Waals surface area contributed by atoms with Gasteiger partial charge in [0.2, 0.25) is 15.9 Å². The molecule has 1 amide bonds. The lowest BCUT2D eigenvalue weighted by Gasteiger charge is -2.30. The van der Waals surface area contributed by atoms with Crippen LogP contribution in [0.1, 0.15) is 30.9 Å². The fourth-order valence-electron chi connectivity index (χ4n) is 3.20. The highest BCUT2D eigenvalue weighted by atomic mass is 79.9. The molecule has 144 valence electrons. The molecule has 2 aromatic rings. The minimum atomic E-state index is -3.72. The highest BCUT2D eigenvalue weighted by Crippen LogP contribution is 2.34. The van der Waals surface area contributed by atoms with Crippen molar-refractivity contribution < 1.29 is 17.6 Å². The van der Waals surface area contributed by atoms with Gasteiger partial charge < -0.3 is 4.90 Å². The Morgan fingerprint density at radius 2 is 1.96 bits per heavy atom. The Balaban J connectivity index is 1.87. The van der Waals surface area contributed by atoms with Crippen LogP contribution in [-0.2, 0) is 27.0 Å². The van der Waals surface area contributed by atoms with Crippen LogP contribution in [0.15, 0.2) is 40.9 Å². The maximum absolute atomic E-state index is 14.7. The van der Waals surface area contributed by atoms with Gasteiger partial charge in [-0.05, 0) is 36.1 Å². The first-order chi connectivity index (χ1) is 12.8. The molecule has 2 aromatic carbocycles. The molecule has 0 saturated heterocycles. The summed E-state index contributed by atoms with van der Waals surface area (Å²) in [6, 6.07) is 9.79. The van der Waals surface area contributed by atoms with Crippen LogP contribution in [0.25, 0.3) is 0 Å². The second-order valence-corrected chi connectivity index (χ2v) is 9.04. The van der Waals surface area contributed by atoms with Crippen LogP contribution in [0, 0.1) is 5.82 Å². The van der Waals surface area contributed by atoms with E-state index in [9.17, 15) is 17.6 Å². The summed E-state index contributed by atoms with van der Waals surface area (Å²) in [5.74, 6) is -0.925. The number of hydrogen-bond donors (Lipinski definition) is 1. The Morgan fingerprint density at radius 1 is 1.22 bits per heavy atom. The number of anilines is 2. The van der Waals surface area contributed by atoms with Crippen LogP contribution in [0.4, 0.5) is 15.8 Å². The summed E-state index contributed by atoms with van der Waals surface area (Å²) >= 11 is 3.33. The fourth-order valence-corrected chi connectivity index (χ4v) is 5.03. The van der Waals surface area contributed by atoms with E-state index in [-0.39, 0.29) is 23.0 Å². The van der Waals surface area contributed by atoms with Crippen molar-refractivity contribution in [3.05, 3.63) is 57.8 Å². The standard InChI is InChI=1S/C19H20BrFN2O3S/c1-2-9-23-18(24)8-7-13-10-15(11-17(21)19(13)23)22-27(25,26)12-14-5-3-4-6-16(14)20/h3-6,10-11,22H,2,7-9,12H2,1H3. The van der Waals surface area contributed by atoms with Gasteiger partial charge in [-0.15, -0.1) is 0 Å². The molecule has 0 atom stereocenters. The zero-order chi connectivity index (χ0) is 19.6. The summed E-state index contributed by atoms with van der Waals surface area (Å²) in [4.78, 5) is 13.5. The predicted molar refractivity (Wildman–Crippen MR) is 108 cm³/mol. The molecule has 0 radical (unpaired) electrons. The molecule has 0 saturated carbocycles. The van der Waals surface area contributed by atoms with E-state index in [0.29, 0.717) is 41.4 Å². The van der Waals surface area contributed by atoms with Crippen molar-refractivity contribution in [1.29, 1.82) is 0 Å². The maximum atomic E-state index is 14.7. The number of halogens is 2. The van der Waals surface area contributed by atoms with Gasteiger partial charge in [-0.2, -0.15) is 0 Å². The summed E-state index contributed by atoms with van der Waals surface area (Å²) in [7, 11) is -3.72. The number of sulfonamides is 1. The van der Waals surface area contributed by atoms with Crippen LogP contribution in [0.5, 0.6) is 0 Å². The molecule has 1 aliphatic rings. The Bertz CT molecular complexity index is 979. The summed E-state index contributed by atoms with van der Waals surface area (Å²) < 4.78 is 42.9. The first-order valence-corrected chi connectivity index (χ1v) is 11.1. The van der Waals surface area contributed by atoms with E-state index >= 15 is 0 Å². The van der Waals surface area contributed by atoms with E-state index < -0.39 is 15.8 Å². The Labute approximate surface area is 166 Å². The van der Waals surface area contributed by atoms with Gasteiger partial charge in [-0.1, -0.05) is 41.1 Å². The average Bonchev–Trinajstić information content (AvgIpc) is 2.59. The number of carbonyl (C=O) groups excluding carboxylic acids is 1. The molecule has 27 heavy (non-hydrogen) atoms. The third-order valence-corrected chi connectivity index (χ3v) is 6.36. The molecule has 5 nitrogen and oxygen atoms in total. The van der Waals surface area contributed by atoms with Gasteiger partial charge in [-0.25, -0.2) is 12.8 Å². The van der Waals surface area contributed by atoms with Crippen molar-refractivity contribution in [1.82, 2.24) is 0 Å². The van der Waals surface area contributed by atoms with E-state index in [1.54, 1.807) is 30.3 Å². The molecular weight excluding hydrogens is 435 g/mol. The summed E-state index contributed by atoms with van der Waals surface area (Å²) in [6.07, 6.45) is 1.40. The van der Waals surface area contributed by atoms with Crippen LogP contribution in [-0.4, -0.2) is 20.9 Å². The van der Waals surface area contributed by atoms with Crippen molar-refractivity contribution in [3.63, 3.8) is 0 Å². The number of carbonyl (C=O) groups is 1. The molecule has 1 N–H and O–H groups in total. The van der Waals surface area contributed by atoms with Gasteiger partial charge in [-0.3, -0.25) is 9.52 Å². The molecule has 1 heterocycles. The topological polar surface area (TPSA) is 66.5 Å². The van der Waals surface area contributed by atoms with Gasteiger partial charge in [0.25, 0.3) is 0 Å². The fraction of sp³-hybridized carbons (Fsp3) is 0.316. The molecule has 0 spiro atoms. The second-order valence-electron chi connectivity index (χ2n) is 6.46. The quantitative estimate of drug-likeness (QED) is 0.710. The Hall–Kier alpha value is -1.93. The molecule has 3 rings (SSSR count). The first-order valence-electron chi connectivity index (χ1n) is 8.67. The molecule has 0 fully saturated rings. The zero-order valence-corrected chi connectivity index (χ0v) is 17.2. The molecular formula is C19H20BrFN2O3S. The van der Waals surface area contributed by atoms with Crippen LogP contribution < -0.4 is 9.62 Å². The Kier molecular flexibility index (Phi) is 5.86. The third kappa shape index (κ3) is 4.50. The molecule has 1 aliphatic heterocycles. The number of aryl methyl sites for hydroxylation is 1. The van der Waals surface area contributed by atoms with E-state index in [4.69, 9.17) is 0 Å². The van der Waals surface area contributed by atoms with Crippen molar-refractivity contribution >= 4 is 43.2 Å². The minimum Gasteiger partial charge on any atom is -0.309 e.